The number of aliphatic hydroxyl groups excluding tert-OH is 1. The van der Waals surface area contributed by atoms with Crippen molar-refractivity contribution in [3.05, 3.63) is 41.0 Å². The summed E-state index contributed by atoms with van der Waals surface area (Å²) in [6.07, 6.45) is -0.514. The normalized spacial score (nSPS) is 16.5. The van der Waals surface area contributed by atoms with Crippen LogP contribution in [0.1, 0.15) is 72.1 Å². The van der Waals surface area contributed by atoms with Gasteiger partial charge in [0.15, 0.2) is 0 Å². The number of nitrogens with zero attached hydrogens (tertiary/aromatic N) is 2. The van der Waals surface area contributed by atoms with Gasteiger partial charge in [0.25, 0.3) is 0 Å². The van der Waals surface area contributed by atoms with Gasteiger partial charge in [-0.1, -0.05) is 45.0 Å². The minimum atomic E-state index is -0.920. The molecule has 1 saturated heterocycles. The van der Waals surface area contributed by atoms with Gasteiger partial charge >= 0.3 is 5.97 Å². The lowest BCUT2D eigenvalue weighted by molar-refractivity contribution is -0.156. The van der Waals surface area contributed by atoms with Crippen LogP contribution < -0.4 is 10.6 Å². The van der Waals surface area contributed by atoms with Crippen molar-refractivity contribution in [3.63, 3.8) is 0 Å². The second-order valence-corrected chi connectivity index (χ2v) is 16.4. The first-order chi connectivity index (χ1) is 26.5. The molecule has 3 rings (SSSR count). The first-order valence-electron chi connectivity index (χ1n) is 19.2. The molecule has 2 heterocycles. The third-order valence-electron chi connectivity index (χ3n) is 8.54. The number of aryl methyl sites for hydroxylation is 1. The van der Waals surface area contributed by atoms with Crippen molar-refractivity contribution in [1.82, 2.24) is 20.5 Å². The number of aliphatic hydroxyl groups is 1. The van der Waals surface area contributed by atoms with Gasteiger partial charge in [-0.15, -0.1) is 11.3 Å². The Kier molecular flexibility index (Phi) is 19.8. The topological polar surface area (TPSA) is 184 Å². The summed E-state index contributed by atoms with van der Waals surface area (Å²) in [6, 6.07) is 6.08. The van der Waals surface area contributed by atoms with Crippen molar-refractivity contribution in [2.45, 2.75) is 98.1 Å². The molecule has 0 bridgehead atoms. The average Bonchev–Trinajstić information content (AvgIpc) is 3.74. The van der Waals surface area contributed by atoms with Crippen molar-refractivity contribution in [3.8, 4) is 10.4 Å². The Morgan fingerprint density at radius 2 is 1.38 bits per heavy atom. The number of hydrogen-bond acceptors (Lipinski definition) is 13. The Morgan fingerprint density at radius 1 is 0.839 bits per heavy atom. The number of aromatic nitrogens is 1. The SMILES string of the molecule is Cc1ncsc1-c1ccc(CNC(=O)[C@@H]2C[C@@H](O)CN2C(=O)[C@@H](NC(=O)CCOCCOCCOCCOCCOCCC(=O)OC(C)(C)C)C(C)(C)C)cc1. The summed E-state index contributed by atoms with van der Waals surface area (Å²) in [4.78, 5) is 58.5. The zero-order chi connectivity index (χ0) is 41.1. The maximum atomic E-state index is 13.8. The molecule has 1 aromatic heterocycles. The molecular weight excluding hydrogens is 745 g/mol. The minimum Gasteiger partial charge on any atom is -0.460 e. The van der Waals surface area contributed by atoms with Gasteiger partial charge < -0.3 is 49.1 Å². The van der Waals surface area contributed by atoms with Crippen molar-refractivity contribution in [1.29, 1.82) is 0 Å². The Hall–Kier alpha value is -3.51. The van der Waals surface area contributed by atoms with Crippen LogP contribution in [0.5, 0.6) is 0 Å². The van der Waals surface area contributed by atoms with E-state index in [4.69, 9.17) is 28.4 Å². The van der Waals surface area contributed by atoms with E-state index < -0.39 is 35.1 Å². The molecule has 0 saturated carbocycles. The van der Waals surface area contributed by atoms with Gasteiger partial charge in [-0.3, -0.25) is 19.2 Å². The summed E-state index contributed by atoms with van der Waals surface area (Å²) in [5.74, 6) is -1.43. The zero-order valence-electron chi connectivity index (χ0n) is 34.1. The van der Waals surface area contributed by atoms with Crippen molar-refractivity contribution >= 4 is 35.0 Å². The van der Waals surface area contributed by atoms with Crippen LogP contribution in [-0.4, -0.2) is 135 Å². The number of β-amino-alcohol motifs (C(OH)–C–C–N with tert-alkyl or cyclic N) is 1. The summed E-state index contributed by atoms with van der Waals surface area (Å²) in [5.41, 5.74) is 3.56. The maximum Gasteiger partial charge on any atom is 0.308 e. The highest BCUT2D eigenvalue weighted by molar-refractivity contribution is 7.13. The number of amides is 3. The first-order valence-corrected chi connectivity index (χ1v) is 20.1. The molecule has 3 N–H and O–H groups in total. The van der Waals surface area contributed by atoms with E-state index in [1.807, 2.05) is 78.2 Å². The quantitative estimate of drug-likeness (QED) is 0.104. The fourth-order valence-electron chi connectivity index (χ4n) is 5.71. The summed E-state index contributed by atoms with van der Waals surface area (Å²) >= 11 is 1.57. The average molecular weight is 807 g/mol. The number of ether oxygens (including phenoxy) is 6. The summed E-state index contributed by atoms with van der Waals surface area (Å²) < 4.78 is 32.6. The van der Waals surface area contributed by atoms with E-state index >= 15 is 0 Å². The second kappa shape index (κ2) is 23.7. The number of esters is 1. The summed E-state index contributed by atoms with van der Waals surface area (Å²) in [5, 5.41) is 16.2. The summed E-state index contributed by atoms with van der Waals surface area (Å²) in [7, 11) is 0. The minimum absolute atomic E-state index is 0.000460. The Balaban J connectivity index is 1.27. The molecule has 0 unspecified atom stereocenters. The molecule has 56 heavy (non-hydrogen) atoms. The molecule has 1 fully saturated rings. The smallest absolute Gasteiger partial charge is 0.308 e. The third kappa shape index (κ3) is 17.3. The van der Waals surface area contributed by atoms with E-state index in [9.17, 15) is 24.3 Å². The fraction of sp³-hybridized carbons (Fsp3) is 0.675. The number of benzene rings is 1. The molecule has 0 radical (unpaired) electrons. The van der Waals surface area contributed by atoms with Crippen molar-refractivity contribution in [2.75, 3.05) is 72.6 Å². The number of nitrogens with one attached hydrogen (secondary N) is 2. The molecule has 15 nitrogen and oxygen atoms in total. The number of carbonyl (C=O) groups is 4. The van der Waals surface area contributed by atoms with E-state index in [2.05, 4.69) is 15.6 Å². The van der Waals surface area contributed by atoms with Gasteiger partial charge in [-0.25, -0.2) is 4.98 Å². The standard InChI is InChI=1S/C40H62N4O11S/c1-28-35(56-27-42-28)30-10-8-29(9-11-30)25-41-37(48)32-24-31(45)26-44(32)38(49)36(39(2,3)4)43-33(46)12-14-50-16-18-52-20-22-54-23-21-53-19-17-51-15-13-34(47)55-40(5,6)7/h8-11,27,31-32,36,45H,12-26H2,1-7H3,(H,41,48)(H,43,46)/t31-,32+,36-/m1/s1. The van der Waals surface area contributed by atoms with Crippen LogP contribution in [0.4, 0.5) is 0 Å². The van der Waals surface area contributed by atoms with Gasteiger partial charge in [-0.2, -0.15) is 0 Å². The number of carbonyl (C=O) groups excluding carboxylic acids is 4. The number of thiazole rings is 1. The molecule has 1 aliphatic rings. The molecule has 1 aliphatic heterocycles. The Labute approximate surface area is 335 Å². The van der Waals surface area contributed by atoms with E-state index in [1.54, 1.807) is 11.3 Å². The second-order valence-electron chi connectivity index (χ2n) is 15.6. The Morgan fingerprint density at radius 3 is 1.88 bits per heavy atom. The van der Waals surface area contributed by atoms with E-state index in [-0.39, 0.29) is 70.0 Å². The molecule has 0 aliphatic carbocycles. The predicted octanol–water partition coefficient (Wildman–Crippen LogP) is 3.43. The molecule has 1 aromatic carbocycles. The first kappa shape index (κ1) is 46.9. The van der Waals surface area contributed by atoms with Gasteiger partial charge in [0.05, 0.1) is 94.7 Å². The lowest BCUT2D eigenvalue weighted by Crippen LogP contribution is -2.57. The summed E-state index contributed by atoms with van der Waals surface area (Å²) in [6.45, 7) is 16.6. The fourth-order valence-corrected chi connectivity index (χ4v) is 6.52. The van der Waals surface area contributed by atoms with Crippen LogP contribution in [0.15, 0.2) is 29.8 Å². The molecular formula is C40H62N4O11S. The van der Waals surface area contributed by atoms with Crippen LogP contribution in [0, 0.1) is 12.3 Å². The molecule has 3 atom stereocenters. The van der Waals surface area contributed by atoms with Gasteiger partial charge in [0.1, 0.15) is 17.7 Å². The van der Waals surface area contributed by atoms with Crippen molar-refractivity contribution < 1.29 is 52.7 Å². The van der Waals surface area contributed by atoms with Gasteiger partial charge in [0, 0.05) is 25.9 Å². The van der Waals surface area contributed by atoms with Crippen LogP contribution in [-0.2, 0) is 54.1 Å². The van der Waals surface area contributed by atoms with Gasteiger partial charge in [0.2, 0.25) is 17.7 Å². The van der Waals surface area contributed by atoms with E-state index in [0.717, 1.165) is 21.7 Å². The van der Waals surface area contributed by atoms with Crippen LogP contribution in [0.2, 0.25) is 0 Å². The van der Waals surface area contributed by atoms with Crippen LogP contribution in [0.3, 0.4) is 0 Å². The van der Waals surface area contributed by atoms with Crippen molar-refractivity contribution in [2.24, 2.45) is 5.41 Å². The number of hydrogen-bond donors (Lipinski definition) is 3. The zero-order valence-corrected chi connectivity index (χ0v) is 34.9. The number of rotatable bonds is 24. The van der Waals surface area contributed by atoms with Crippen LogP contribution in [0.25, 0.3) is 10.4 Å². The molecule has 3 amide bonds. The van der Waals surface area contributed by atoms with Gasteiger partial charge in [-0.05, 0) is 44.2 Å². The third-order valence-corrected chi connectivity index (χ3v) is 9.52. The van der Waals surface area contributed by atoms with E-state index in [0.29, 0.717) is 46.2 Å². The molecule has 2 aromatic rings. The largest absolute Gasteiger partial charge is 0.460 e. The lowest BCUT2D eigenvalue weighted by atomic mass is 9.85. The highest BCUT2D eigenvalue weighted by Crippen LogP contribution is 2.28. The van der Waals surface area contributed by atoms with Crippen LogP contribution >= 0.6 is 11.3 Å². The highest BCUT2D eigenvalue weighted by atomic mass is 32.1. The monoisotopic (exact) mass is 806 g/mol. The van der Waals surface area contributed by atoms with E-state index in [1.165, 1.54) is 4.90 Å². The molecule has 0 spiro atoms. The maximum absolute atomic E-state index is 13.8. The predicted molar refractivity (Wildman–Crippen MR) is 211 cm³/mol. The number of likely N-dealkylation sites (tertiary alicyclic amines) is 1. The molecule has 16 heteroatoms. The molecule has 314 valence electrons. The Bertz CT molecular complexity index is 1510. The highest BCUT2D eigenvalue weighted by Gasteiger charge is 2.44. The lowest BCUT2D eigenvalue weighted by Gasteiger charge is -2.35.